The quantitative estimate of drug-likeness (QED) is 0.508. The monoisotopic (exact) mass is 318 g/mol. The molecule has 0 saturated carbocycles. The Morgan fingerprint density at radius 1 is 1.30 bits per heavy atom. The van der Waals surface area contributed by atoms with E-state index in [1.54, 1.807) is 30.5 Å². The summed E-state index contributed by atoms with van der Waals surface area (Å²) in [7, 11) is 0. The molecular weight excluding hydrogens is 292 g/mol. The number of aromatic hydroxyl groups is 1. The van der Waals surface area contributed by atoms with Gasteiger partial charge in [0, 0.05) is 6.42 Å². The number of nitrogens with zero attached hydrogens (tertiary/aromatic N) is 1. The van der Waals surface area contributed by atoms with E-state index in [4.69, 9.17) is 0 Å². The van der Waals surface area contributed by atoms with E-state index in [0.717, 1.165) is 37.4 Å². The van der Waals surface area contributed by atoms with Crippen LogP contribution in [-0.4, -0.2) is 41.5 Å². The van der Waals surface area contributed by atoms with Crippen molar-refractivity contribution in [2.45, 2.75) is 44.6 Å². The minimum absolute atomic E-state index is 0.182. The van der Waals surface area contributed by atoms with E-state index < -0.39 is 12.0 Å². The zero-order valence-electron chi connectivity index (χ0n) is 13.4. The number of aliphatic carboxylic acids is 1. The van der Waals surface area contributed by atoms with Crippen molar-refractivity contribution in [2.24, 2.45) is 10.9 Å². The molecule has 1 aromatic carbocycles. The van der Waals surface area contributed by atoms with Crippen LogP contribution in [0.25, 0.3) is 0 Å². The molecular formula is C18H26N2O3. The van der Waals surface area contributed by atoms with E-state index >= 15 is 0 Å². The molecule has 1 aromatic rings. The lowest BCUT2D eigenvalue weighted by Gasteiger charge is -2.22. The van der Waals surface area contributed by atoms with Crippen LogP contribution in [0.1, 0.15) is 37.7 Å². The topological polar surface area (TPSA) is 81.9 Å². The van der Waals surface area contributed by atoms with Crippen LogP contribution in [0.3, 0.4) is 0 Å². The lowest BCUT2D eigenvalue weighted by molar-refractivity contribution is -0.138. The van der Waals surface area contributed by atoms with E-state index in [0.29, 0.717) is 6.42 Å². The van der Waals surface area contributed by atoms with Gasteiger partial charge in [-0.25, -0.2) is 4.79 Å². The van der Waals surface area contributed by atoms with E-state index in [1.165, 1.54) is 19.3 Å². The Hall–Kier alpha value is -1.88. The smallest absolute Gasteiger partial charge is 0.328 e. The highest BCUT2D eigenvalue weighted by Crippen LogP contribution is 2.18. The van der Waals surface area contributed by atoms with Gasteiger partial charge in [0.25, 0.3) is 0 Å². The summed E-state index contributed by atoms with van der Waals surface area (Å²) in [5.41, 5.74) is 0.863. The number of carbonyl (C=O) groups is 1. The molecule has 0 radical (unpaired) electrons. The van der Waals surface area contributed by atoms with Gasteiger partial charge in [-0.2, -0.15) is 0 Å². The summed E-state index contributed by atoms with van der Waals surface area (Å²) < 4.78 is 0. The second-order valence-electron chi connectivity index (χ2n) is 6.18. The molecule has 1 atom stereocenters. The SMILES string of the molecule is O=C(O)C(Cc1ccc(O)cc1)N=CCCCC1CCNCC1. The summed E-state index contributed by atoms with van der Waals surface area (Å²) in [6.45, 7) is 2.24. The second kappa shape index (κ2) is 9.30. The van der Waals surface area contributed by atoms with Crippen molar-refractivity contribution < 1.29 is 15.0 Å². The zero-order valence-corrected chi connectivity index (χ0v) is 13.4. The number of phenolic OH excluding ortho intramolecular Hbond substituents is 1. The first kappa shape index (κ1) is 17.5. The first-order valence-corrected chi connectivity index (χ1v) is 8.38. The number of benzene rings is 1. The van der Waals surface area contributed by atoms with Gasteiger partial charge >= 0.3 is 5.97 Å². The molecule has 126 valence electrons. The average molecular weight is 318 g/mol. The lowest BCUT2D eigenvalue weighted by Crippen LogP contribution is -2.27. The Labute approximate surface area is 137 Å². The zero-order chi connectivity index (χ0) is 16.5. The third-order valence-corrected chi connectivity index (χ3v) is 4.34. The van der Waals surface area contributed by atoms with Crippen molar-refractivity contribution in [3.63, 3.8) is 0 Å². The number of nitrogens with one attached hydrogen (secondary N) is 1. The van der Waals surface area contributed by atoms with E-state index in [2.05, 4.69) is 10.3 Å². The van der Waals surface area contributed by atoms with Crippen molar-refractivity contribution in [1.29, 1.82) is 0 Å². The van der Waals surface area contributed by atoms with Gasteiger partial charge in [0.05, 0.1) is 0 Å². The standard InChI is InChI=1S/C18H26N2O3/c21-16-6-4-15(5-7-16)13-17(18(22)23)20-10-2-1-3-14-8-11-19-12-9-14/h4-7,10,14,17,19,21H,1-3,8-9,11-13H2,(H,22,23). The minimum Gasteiger partial charge on any atom is -0.508 e. The van der Waals surface area contributed by atoms with E-state index in [-0.39, 0.29) is 5.75 Å². The summed E-state index contributed by atoms with van der Waals surface area (Å²) >= 11 is 0. The maximum atomic E-state index is 11.3. The van der Waals surface area contributed by atoms with Gasteiger partial charge in [-0.1, -0.05) is 18.6 Å². The van der Waals surface area contributed by atoms with Crippen LogP contribution in [-0.2, 0) is 11.2 Å². The van der Waals surface area contributed by atoms with Gasteiger partial charge in [-0.15, -0.1) is 0 Å². The number of unbranched alkanes of at least 4 members (excludes halogenated alkanes) is 1. The van der Waals surface area contributed by atoms with Crippen LogP contribution in [0, 0.1) is 5.92 Å². The summed E-state index contributed by atoms with van der Waals surface area (Å²) in [6, 6.07) is 5.85. The highest BCUT2D eigenvalue weighted by atomic mass is 16.4. The van der Waals surface area contributed by atoms with Crippen molar-refractivity contribution in [3.8, 4) is 5.75 Å². The predicted molar refractivity (Wildman–Crippen MR) is 91.2 cm³/mol. The van der Waals surface area contributed by atoms with Crippen molar-refractivity contribution in [3.05, 3.63) is 29.8 Å². The fourth-order valence-corrected chi connectivity index (χ4v) is 2.93. The Morgan fingerprint density at radius 3 is 2.65 bits per heavy atom. The molecule has 1 aliphatic rings. The number of hydrogen-bond acceptors (Lipinski definition) is 4. The van der Waals surface area contributed by atoms with Crippen LogP contribution in [0.2, 0.25) is 0 Å². The highest BCUT2D eigenvalue weighted by molar-refractivity contribution is 5.76. The molecule has 0 aromatic heterocycles. The third kappa shape index (κ3) is 6.40. The van der Waals surface area contributed by atoms with Crippen LogP contribution in [0.5, 0.6) is 5.75 Å². The number of carboxylic acids is 1. The summed E-state index contributed by atoms with van der Waals surface area (Å²) in [4.78, 5) is 15.5. The second-order valence-corrected chi connectivity index (χ2v) is 6.18. The normalized spacial score (nSPS) is 17.4. The molecule has 0 aliphatic carbocycles. The number of carboxylic acid groups (broad SMARTS) is 1. The number of rotatable bonds is 8. The summed E-state index contributed by atoms with van der Waals surface area (Å²) in [6.07, 6.45) is 7.71. The van der Waals surface area contributed by atoms with Gasteiger partial charge in [0.1, 0.15) is 5.75 Å². The lowest BCUT2D eigenvalue weighted by atomic mass is 9.93. The van der Waals surface area contributed by atoms with Crippen molar-refractivity contribution in [2.75, 3.05) is 13.1 Å². The molecule has 23 heavy (non-hydrogen) atoms. The molecule has 5 heteroatoms. The van der Waals surface area contributed by atoms with Crippen LogP contribution in [0.15, 0.2) is 29.3 Å². The van der Waals surface area contributed by atoms with Gasteiger partial charge < -0.3 is 15.5 Å². The number of phenols is 1. The van der Waals surface area contributed by atoms with Gasteiger partial charge in [-0.3, -0.25) is 4.99 Å². The Kier molecular flexibility index (Phi) is 7.07. The first-order chi connectivity index (χ1) is 11.1. The van der Waals surface area contributed by atoms with Crippen molar-refractivity contribution >= 4 is 12.2 Å². The maximum Gasteiger partial charge on any atom is 0.328 e. The Bertz CT molecular complexity index is 508. The van der Waals surface area contributed by atoms with Gasteiger partial charge in [0.2, 0.25) is 0 Å². The Balaban J connectivity index is 1.74. The molecule has 1 fully saturated rings. The summed E-state index contributed by atoms with van der Waals surface area (Å²) in [5.74, 6) is 0.0756. The molecule has 1 saturated heterocycles. The van der Waals surface area contributed by atoms with E-state index in [1.807, 2.05) is 0 Å². The molecule has 0 bridgehead atoms. The molecule has 1 unspecified atom stereocenters. The third-order valence-electron chi connectivity index (χ3n) is 4.34. The number of aliphatic imine (C=N–C) groups is 1. The maximum absolute atomic E-state index is 11.3. The number of hydrogen-bond donors (Lipinski definition) is 3. The molecule has 3 N–H and O–H groups in total. The fraction of sp³-hybridized carbons (Fsp3) is 0.556. The molecule has 1 aliphatic heterocycles. The van der Waals surface area contributed by atoms with E-state index in [9.17, 15) is 15.0 Å². The van der Waals surface area contributed by atoms with Crippen LogP contribution >= 0.6 is 0 Å². The van der Waals surface area contributed by atoms with Crippen LogP contribution < -0.4 is 5.32 Å². The predicted octanol–water partition coefficient (Wildman–Crippen LogP) is 2.63. The van der Waals surface area contributed by atoms with Gasteiger partial charge in [0.15, 0.2) is 6.04 Å². The highest BCUT2D eigenvalue weighted by Gasteiger charge is 2.16. The molecule has 1 heterocycles. The summed E-state index contributed by atoms with van der Waals surface area (Å²) in [5, 5.41) is 21.9. The fourth-order valence-electron chi connectivity index (χ4n) is 2.93. The number of piperidine rings is 1. The average Bonchev–Trinajstić information content (AvgIpc) is 2.56. The molecule has 2 rings (SSSR count). The molecule has 0 spiro atoms. The minimum atomic E-state index is -0.910. The molecule has 5 nitrogen and oxygen atoms in total. The van der Waals surface area contributed by atoms with Gasteiger partial charge in [-0.05, 0) is 68.6 Å². The molecule has 0 amide bonds. The largest absolute Gasteiger partial charge is 0.508 e. The van der Waals surface area contributed by atoms with Crippen LogP contribution in [0.4, 0.5) is 0 Å². The van der Waals surface area contributed by atoms with Crippen molar-refractivity contribution in [1.82, 2.24) is 5.32 Å². The first-order valence-electron chi connectivity index (χ1n) is 8.38. The Morgan fingerprint density at radius 2 is 2.00 bits per heavy atom.